The zero-order chi connectivity index (χ0) is 16.4. The van der Waals surface area contributed by atoms with Crippen molar-refractivity contribution in [3.8, 4) is 11.1 Å². The van der Waals surface area contributed by atoms with Crippen molar-refractivity contribution in [1.82, 2.24) is 0 Å². The molecule has 2 N–H and O–H groups in total. The third kappa shape index (κ3) is 3.36. The number of unbranched alkanes of at least 4 members (excludes halogenated alkanes) is 1. The third-order valence-electron chi connectivity index (χ3n) is 4.21. The van der Waals surface area contributed by atoms with Crippen molar-refractivity contribution in [3.05, 3.63) is 58.3 Å². The zero-order valence-electron chi connectivity index (χ0n) is 13.6. The third-order valence-corrected chi connectivity index (χ3v) is 4.74. The van der Waals surface area contributed by atoms with Gasteiger partial charge in [-0.2, -0.15) is 0 Å². The van der Waals surface area contributed by atoms with E-state index in [1.165, 1.54) is 5.56 Å². The second kappa shape index (κ2) is 6.90. The van der Waals surface area contributed by atoms with Gasteiger partial charge in [0.05, 0.1) is 6.04 Å². The van der Waals surface area contributed by atoms with Crippen LogP contribution in [-0.2, 0) is 0 Å². The van der Waals surface area contributed by atoms with Crippen LogP contribution in [0.2, 0.25) is 0 Å². The average molecular weight is 372 g/mol. The Labute approximate surface area is 145 Å². The molecule has 1 aromatic heterocycles. The van der Waals surface area contributed by atoms with Crippen molar-refractivity contribution in [1.29, 1.82) is 0 Å². The van der Waals surface area contributed by atoms with Gasteiger partial charge in [0.1, 0.15) is 11.3 Å². The maximum atomic E-state index is 6.45. The van der Waals surface area contributed by atoms with E-state index in [0.29, 0.717) is 0 Å². The van der Waals surface area contributed by atoms with Gasteiger partial charge in [0.25, 0.3) is 0 Å². The van der Waals surface area contributed by atoms with E-state index < -0.39 is 0 Å². The Kier molecular flexibility index (Phi) is 4.88. The summed E-state index contributed by atoms with van der Waals surface area (Å²) in [4.78, 5) is 0. The van der Waals surface area contributed by atoms with Gasteiger partial charge in [-0.25, -0.2) is 0 Å². The van der Waals surface area contributed by atoms with Crippen LogP contribution in [0.3, 0.4) is 0 Å². The van der Waals surface area contributed by atoms with Crippen molar-refractivity contribution in [2.45, 2.75) is 39.2 Å². The maximum absolute atomic E-state index is 6.45. The molecule has 3 aromatic rings. The van der Waals surface area contributed by atoms with Gasteiger partial charge in [-0.1, -0.05) is 59.5 Å². The molecule has 2 nitrogen and oxygen atoms in total. The van der Waals surface area contributed by atoms with E-state index in [-0.39, 0.29) is 6.04 Å². The summed E-state index contributed by atoms with van der Waals surface area (Å²) >= 11 is 3.50. The lowest BCUT2D eigenvalue weighted by Gasteiger charge is -2.11. The Morgan fingerprint density at radius 1 is 1.13 bits per heavy atom. The molecule has 0 aliphatic heterocycles. The highest BCUT2D eigenvalue weighted by molar-refractivity contribution is 9.10. The highest BCUT2D eigenvalue weighted by atomic mass is 79.9. The molecule has 0 spiro atoms. The molecule has 23 heavy (non-hydrogen) atoms. The van der Waals surface area contributed by atoms with Crippen molar-refractivity contribution < 1.29 is 4.42 Å². The van der Waals surface area contributed by atoms with E-state index in [4.69, 9.17) is 10.2 Å². The van der Waals surface area contributed by atoms with Crippen molar-refractivity contribution in [2.75, 3.05) is 0 Å². The molecule has 1 atom stereocenters. The first kappa shape index (κ1) is 16.3. The summed E-state index contributed by atoms with van der Waals surface area (Å²) in [5.74, 6) is 0.904. The molecule has 0 fully saturated rings. The molecule has 1 heterocycles. The number of aryl methyl sites for hydroxylation is 1. The second-order valence-corrected chi connectivity index (χ2v) is 7.01. The summed E-state index contributed by atoms with van der Waals surface area (Å²) in [6.07, 6.45) is 3.19. The molecule has 3 heteroatoms. The summed E-state index contributed by atoms with van der Waals surface area (Å²) in [6, 6.07) is 14.6. The smallest absolute Gasteiger partial charge is 0.135 e. The molecule has 0 bridgehead atoms. The SMILES string of the molecule is CCCCC(N)c1oc2ccc(C)cc2c1-c1ccc(Br)cc1. The van der Waals surface area contributed by atoms with Crippen molar-refractivity contribution in [2.24, 2.45) is 5.73 Å². The Hall–Kier alpha value is -1.58. The van der Waals surface area contributed by atoms with Crippen LogP contribution in [0, 0.1) is 6.92 Å². The highest BCUT2D eigenvalue weighted by Gasteiger charge is 2.21. The Bertz CT molecular complexity index is 804. The number of furan rings is 1. The van der Waals surface area contributed by atoms with Gasteiger partial charge in [-0.05, 0) is 43.2 Å². The standard InChI is InChI=1S/C20H22BrNO/c1-3-4-5-17(22)20-19(14-7-9-15(21)10-8-14)16-12-13(2)6-11-18(16)23-20/h6-12,17H,3-5,22H2,1-2H3. The first-order valence-corrected chi connectivity index (χ1v) is 8.94. The number of rotatable bonds is 5. The van der Waals surface area contributed by atoms with E-state index in [2.05, 4.69) is 66.2 Å². The largest absolute Gasteiger partial charge is 0.459 e. The zero-order valence-corrected chi connectivity index (χ0v) is 15.2. The molecule has 120 valence electrons. The van der Waals surface area contributed by atoms with Crippen LogP contribution < -0.4 is 5.73 Å². The van der Waals surface area contributed by atoms with E-state index in [1.54, 1.807) is 0 Å². The Morgan fingerprint density at radius 2 is 1.87 bits per heavy atom. The van der Waals surface area contributed by atoms with Crippen LogP contribution in [0.4, 0.5) is 0 Å². The number of hydrogen-bond donors (Lipinski definition) is 1. The highest BCUT2D eigenvalue weighted by Crippen LogP contribution is 2.39. The predicted molar refractivity (Wildman–Crippen MR) is 101 cm³/mol. The molecule has 0 saturated carbocycles. The minimum atomic E-state index is -0.0682. The molecular weight excluding hydrogens is 350 g/mol. The van der Waals surface area contributed by atoms with E-state index in [0.717, 1.165) is 51.6 Å². The Morgan fingerprint density at radius 3 is 2.57 bits per heavy atom. The summed E-state index contributed by atoms with van der Waals surface area (Å²) in [7, 11) is 0. The topological polar surface area (TPSA) is 39.2 Å². The summed E-state index contributed by atoms with van der Waals surface area (Å²) in [5, 5.41) is 1.15. The molecule has 3 rings (SSSR count). The van der Waals surface area contributed by atoms with Crippen LogP contribution in [0.25, 0.3) is 22.1 Å². The molecule has 0 radical (unpaired) electrons. The number of nitrogens with two attached hydrogens (primary N) is 1. The fraction of sp³-hybridized carbons (Fsp3) is 0.300. The lowest BCUT2D eigenvalue weighted by Crippen LogP contribution is -2.10. The van der Waals surface area contributed by atoms with Gasteiger partial charge in [-0.15, -0.1) is 0 Å². The monoisotopic (exact) mass is 371 g/mol. The van der Waals surface area contributed by atoms with Crippen molar-refractivity contribution >= 4 is 26.9 Å². The van der Waals surface area contributed by atoms with E-state index in [1.807, 2.05) is 6.07 Å². The number of fused-ring (bicyclic) bond motifs is 1. The molecule has 0 aliphatic rings. The predicted octanol–water partition coefficient (Wildman–Crippen LogP) is 6.36. The lowest BCUT2D eigenvalue weighted by molar-refractivity contribution is 0.469. The fourth-order valence-electron chi connectivity index (χ4n) is 2.96. The summed E-state index contributed by atoms with van der Waals surface area (Å²) in [6.45, 7) is 4.29. The van der Waals surface area contributed by atoms with E-state index in [9.17, 15) is 0 Å². The lowest BCUT2D eigenvalue weighted by atomic mass is 9.96. The van der Waals surface area contributed by atoms with Crippen LogP contribution >= 0.6 is 15.9 Å². The summed E-state index contributed by atoms with van der Waals surface area (Å²) < 4.78 is 7.23. The van der Waals surface area contributed by atoms with Gasteiger partial charge in [0, 0.05) is 15.4 Å². The molecular formula is C20H22BrNO. The minimum Gasteiger partial charge on any atom is -0.459 e. The van der Waals surface area contributed by atoms with Crippen LogP contribution in [0.15, 0.2) is 51.4 Å². The first-order valence-electron chi connectivity index (χ1n) is 8.14. The van der Waals surface area contributed by atoms with Crippen LogP contribution in [0.5, 0.6) is 0 Å². The van der Waals surface area contributed by atoms with Crippen LogP contribution in [-0.4, -0.2) is 0 Å². The second-order valence-electron chi connectivity index (χ2n) is 6.10. The van der Waals surface area contributed by atoms with Gasteiger partial charge >= 0.3 is 0 Å². The molecule has 0 aliphatic carbocycles. The Balaban J connectivity index is 2.18. The number of benzene rings is 2. The van der Waals surface area contributed by atoms with Gasteiger partial charge in [0.2, 0.25) is 0 Å². The van der Waals surface area contributed by atoms with Gasteiger partial charge in [0.15, 0.2) is 0 Å². The quantitative estimate of drug-likeness (QED) is 0.566. The molecule has 2 aromatic carbocycles. The van der Waals surface area contributed by atoms with Crippen LogP contribution in [0.1, 0.15) is 43.6 Å². The first-order chi connectivity index (χ1) is 11.1. The fourth-order valence-corrected chi connectivity index (χ4v) is 3.23. The van der Waals surface area contributed by atoms with Gasteiger partial charge < -0.3 is 10.2 Å². The molecule has 0 amide bonds. The summed E-state index contributed by atoms with van der Waals surface area (Å²) in [5.41, 5.74) is 10.9. The number of halogens is 1. The van der Waals surface area contributed by atoms with E-state index >= 15 is 0 Å². The number of hydrogen-bond acceptors (Lipinski definition) is 2. The normalized spacial score (nSPS) is 12.7. The molecule has 0 saturated heterocycles. The van der Waals surface area contributed by atoms with Crippen molar-refractivity contribution in [3.63, 3.8) is 0 Å². The minimum absolute atomic E-state index is 0.0682. The van der Waals surface area contributed by atoms with Gasteiger partial charge in [-0.3, -0.25) is 0 Å². The maximum Gasteiger partial charge on any atom is 0.135 e. The molecule has 1 unspecified atom stereocenters. The average Bonchev–Trinajstić information content (AvgIpc) is 2.92.